The number of hydrogen-bond donors (Lipinski definition) is 0. The molecule has 0 saturated carbocycles. The molecule has 3 heteroatoms. The van der Waals surface area contributed by atoms with Gasteiger partial charge in [0.05, 0.1) is 0 Å². The number of rotatable bonds is 6. The molecule has 0 radical (unpaired) electrons. The normalized spacial score (nSPS) is 11.3. The van der Waals surface area contributed by atoms with E-state index in [1.807, 2.05) is 0 Å². The van der Waals surface area contributed by atoms with Gasteiger partial charge < -0.3 is 17.0 Å². The third-order valence-corrected chi connectivity index (χ3v) is 5.40. The molecule has 0 saturated heterocycles. The van der Waals surface area contributed by atoms with Crippen molar-refractivity contribution in [3.8, 4) is 0 Å². The van der Waals surface area contributed by atoms with Crippen molar-refractivity contribution in [1.82, 2.24) is 4.57 Å². The summed E-state index contributed by atoms with van der Waals surface area (Å²) in [7, 11) is 2.14. The van der Waals surface area contributed by atoms with Crippen molar-refractivity contribution in [2.45, 2.75) is 53.5 Å². The topological polar surface area (TPSA) is 8.81 Å². The summed E-state index contributed by atoms with van der Waals surface area (Å²) in [6, 6.07) is 13.4. The Hall–Kier alpha value is -2.06. The second-order valence-corrected chi connectivity index (χ2v) is 7.40. The molecule has 1 aromatic carbocycles. The Labute approximate surface area is 169 Å². The molecule has 3 aromatic rings. The summed E-state index contributed by atoms with van der Waals surface area (Å²) < 4.78 is 4.73. The second-order valence-electron chi connectivity index (χ2n) is 7.40. The van der Waals surface area contributed by atoms with Crippen LogP contribution in [0.2, 0.25) is 0 Å². The first-order valence-corrected chi connectivity index (χ1v) is 9.75. The highest BCUT2D eigenvalue weighted by Gasteiger charge is 2.11. The van der Waals surface area contributed by atoms with Gasteiger partial charge in [0.2, 0.25) is 11.2 Å². The first kappa shape index (κ1) is 21.2. The van der Waals surface area contributed by atoms with Gasteiger partial charge in [0, 0.05) is 41.5 Å². The molecule has 144 valence electrons. The monoisotopic (exact) mass is 382 g/mol. The van der Waals surface area contributed by atoms with Crippen molar-refractivity contribution in [1.29, 1.82) is 0 Å². The largest absolute Gasteiger partial charge is 1.00 e. The lowest BCUT2D eigenvalue weighted by Gasteiger charge is -2.08. The number of aromatic nitrogens is 2. The smallest absolute Gasteiger partial charge is 0.212 e. The number of aryl methyl sites for hydroxylation is 3. The molecule has 27 heavy (non-hydrogen) atoms. The van der Waals surface area contributed by atoms with E-state index in [9.17, 15) is 0 Å². The predicted molar refractivity (Wildman–Crippen MR) is 112 cm³/mol. The van der Waals surface area contributed by atoms with Crippen molar-refractivity contribution >= 4 is 23.1 Å². The van der Waals surface area contributed by atoms with Gasteiger partial charge in [-0.3, -0.25) is 0 Å². The fourth-order valence-corrected chi connectivity index (χ4v) is 3.74. The zero-order valence-electron chi connectivity index (χ0n) is 17.2. The molecular formula is C24H31ClN2. The minimum atomic E-state index is 0. The van der Waals surface area contributed by atoms with E-state index in [0.717, 1.165) is 6.54 Å². The predicted octanol–water partition coefficient (Wildman–Crippen LogP) is 2.76. The van der Waals surface area contributed by atoms with E-state index in [1.165, 1.54) is 58.4 Å². The average Bonchev–Trinajstić information content (AvgIpc) is 2.89. The molecule has 0 amide bonds. The van der Waals surface area contributed by atoms with Crippen molar-refractivity contribution in [2.24, 2.45) is 7.05 Å². The van der Waals surface area contributed by atoms with Crippen molar-refractivity contribution < 1.29 is 17.0 Å². The van der Waals surface area contributed by atoms with Gasteiger partial charge in [0.1, 0.15) is 7.05 Å². The van der Waals surface area contributed by atoms with Gasteiger partial charge in [-0.05, 0) is 57.0 Å². The van der Waals surface area contributed by atoms with E-state index in [2.05, 4.69) is 92.4 Å². The summed E-state index contributed by atoms with van der Waals surface area (Å²) in [5.74, 6) is 0. The molecule has 0 fully saturated rings. The Kier molecular flexibility index (Phi) is 7.26. The standard InChI is InChI=1S/C24H31N2.ClH/c1-6-7-8-15-26-19(3)17-21(20(26)4)10-12-23-13-11-22-16-18(2)9-14-24(22)25(23)5;/h9-14,16-17H,6-8,15H2,1-5H3;1H/q+1;/p-1. The van der Waals surface area contributed by atoms with Crippen LogP contribution in [0.1, 0.15) is 54.4 Å². The van der Waals surface area contributed by atoms with Gasteiger partial charge in [-0.15, -0.1) is 0 Å². The number of benzene rings is 1. The van der Waals surface area contributed by atoms with Gasteiger partial charge in [-0.1, -0.05) is 31.4 Å². The molecule has 2 aromatic heterocycles. The van der Waals surface area contributed by atoms with Crippen LogP contribution in [0.25, 0.3) is 23.1 Å². The van der Waals surface area contributed by atoms with E-state index < -0.39 is 0 Å². The number of unbranched alkanes of at least 4 members (excludes halogenated alkanes) is 2. The Morgan fingerprint density at radius 2 is 1.74 bits per heavy atom. The number of pyridine rings is 1. The maximum Gasteiger partial charge on any atom is 0.212 e. The molecule has 0 aliphatic carbocycles. The second kappa shape index (κ2) is 9.23. The van der Waals surface area contributed by atoms with Crippen LogP contribution in [0, 0.1) is 20.8 Å². The number of fused-ring (bicyclic) bond motifs is 1. The maximum absolute atomic E-state index is 2.46. The fraction of sp³-hybridized carbons (Fsp3) is 0.375. The lowest BCUT2D eigenvalue weighted by atomic mass is 10.1. The Bertz CT molecular complexity index is 951. The van der Waals surface area contributed by atoms with Crippen LogP contribution in [0.5, 0.6) is 0 Å². The van der Waals surface area contributed by atoms with Crippen LogP contribution in [0.4, 0.5) is 0 Å². The summed E-state index contributed by atoms with van der Waals surface area (Å²) in [6.45, 7) is 9.98. The van der Waals surface area contributed by atoms with Crippen molar-refractivity contribution in [3.63, 3.8) is 0 Å². The molecule has 0 aliphatic rings. The van der Waals surface area contributed by atoms with Gasteiger partial charge in [0.15, 0.2) is 0 Å². The van der Waals surface area contributed by atoms with E-state index in [1.54, 1.807) is 0 Å². The number of hydrogen-bond acceptors (Lipinski definition) is 0. The lowest BCUT2D eigenvalue weighted by molar-refractivity contribution is -0.646. The summed E-state index contributed by atoms with van der Waals surface area (Å²) in [5.41, 5.74) is 7.84. The SMILES string of the molecule is CCCCCn1c(C)cc(/C=C\c2ccc3cc(C)ccc3[n+]2C)c1C.[Cl-]. The average molecular weight is 383 g/mol. The summed E-state index contributed by atoms with van der Waals surface area (Å²) >= 11 is 0. The molecule has 0 bridgehead atoms. The first-order chi connectivity index (χ1) is 12.5. The quantitative estimate of drug-likeness (QED) is 0.458. The molecule has 0 atom stereocenters. The van der Waals surface area contributed by atoms with Crippen LogP contribution in [0.15, 0.2) is 36.4 Å². The first-order valence-electron chi connectivity index (χ1n) is 9.75. The molecule has 2 heterocycles. The number of nitrogens with zero attached hydrogens (tertiary/aromatic N) is 2. The zero-order valence-corrected chi connectivity index (χ0v) is 18.0. The highest BCUT2D eigenvalue weighted by molar-refractivity contribution is 5.78. The Morgan fingerprint density at radius 3 is 2.48 bits per heavy atom. The molecular weight excluding hydrogens is 352 g/mol. The highest BCUT2D eigenvalue weighted by atomic mass is 35.5. The fourth-order valence-electron chi connectivity index (χ4n) is 3.74. The van der Waals surface area contributed by atoms with Gasteiger partial charge in [0.25, 0.3) is 0 Å². The van der Waals surface area contributed by atoms with Crippen molar-refractivity contribution in [2.75, 3.05) is 0 Å². The van der Waals surface area contributed by atoms with Crippen LogP contribution < -0.4 is 17.0 Å². The van der Waals surface area contributed by atoms with E-state index in [4.69, 9.17) is 0 Å². The minimum absolute atomic E-state index is 0. The molecule has 3 rings (SSSR count). The lowest BCUT2D eigenvalue weighted by Crippen LogP contribution is -3.00. The van der Waals surface area contributed by atoms with Gasteiger partial charge in [-0.2, -0.15) is 4.57 Å². The Morgan fingerprint density at radius 1 is 0.963 bits per heavy atom. The third-order valence-electron chi connectivity index (χ3n) is 5.40. The Balaban J connectivity index is 0.00000261. The molecule has 0 unspecified atom stereocenters. The van der Waals surface area contributed by atoms with Crippen molar-refractivity contribution in [3.05, 3.63) is 64.6 Å². The maximum atomic E-state index is 2.46. The molecule has 2 nitrogen and oxygen atoms in total. The minimum Gasteiger partial charge on any atom is -1.00 e. The van der Waals surface area contributed by atoms with Gasteiger partial charge in [-0.25, -0.2) is 0 Å². The van der Waals surface area contributed by atoms with E-state index >= 15 is 0 Å². The summed E-state index contributed by atoms with van der Waals surface area (Å²) in [6.07, 6.45) is 8.32. The molecule has 0 spiro atoms. The summed E-state index contributed by atoms with van der Waals surface area (Å²) in [5, 5.41) is 1.29. The van der Waals surface area contributed by atoms with Crippen LogP contribution in [0.3, 0.4) is 0 Å². The van der Waals surface area contributed by atoms with Crippen LogP contribution >= 0.6 is 0 Å². The van der Waals surface area contributed by atoms with Crippen LogP contribution in [-0.4, -0.2) is 4.57 Å². The number of halogens is 1. The van der Waals surface area contributed by atoms with E-state index in [-0.39, 0.29) is 12.4 Å². The summed E-state index contributed by atoms with van der Waals surface area (Å²) in [4.78, 5) is 0. The molecule has 0 aliphatic heterocycles. The third kappa shape index (κ3) is 4.62. The molecule has 0 N–H and O–H groups in total. The van der Waals surface area contributed by atoms with Gasteiger partial charge >= 0.3 is 0 Å². The zero-order chi connectivity index (χ0) is 18.7. The highest BCUT2D eigenvalue weighted by Crippen LogP contribution is 2.19. The van der Waals surface area contributed by atoms with E-state index in [0.29, 0.717) is 0 Å². The van der Waals surface area contributed by atoms with Crippen LogP contribution in [-0.2, 0) is 13.6 Å².